The summed E-state index contributed by atoms with van der Waals surface area (Å²) in [4.78, 5) is 32.7. The average molecular weight is 403 g/mol. The van der Waals surface area contributed by atoms with E-state index in [-0.39, 0.29) is 11.9 Å². The number of carbonyl (C=O) groups is 1. The van der Waals surface area contributed by atoms with Crippen molar-refractivity contribution in [2.24, 2.45) is 0 Å². The molecule has 1 aliphatic rings. The molecule has 1 amide bonds. The summed E-state index contributed by atoms with van der Waals surface area (Å²) in [5, 5.41) is 3.12. The molecule has 2 heterocycles. The highest BCUT2D eigenvalue weighted by Gasteiger charge is 2.28. The lowest BCUT2D eigenvalue weighted by molar-refractivity contribution is 0.0931. The number of hydrogen-bond acceptors (Lipinski definition) is 6. The molecule has 1 fully saturated rings. The van der Waals surface area contributed by atoms with Gasteiger partial charge in [-0.1, -0.05) is 30.3 Å². The molecule has 0 radical (unpaired) electrons. The zero-order valence-electron chi connectivity index (χ0n) is 17.5. The summed E-state index contributed by atoms with van der Waals surface area (Å²) in [7, 11) is 3.96. The van der Waals surface area contributed by atoms with Gasteiger partial charge in [0, 0.05) is 44.4 Å². The summed E-state index contributed by atoms with van der Waals surface area (Å²) in [6, 6.07) is 11.7. The topological polar surface area (TPSA) is 83.9 Å². The minimum absolute atomic E-state index is 0.237. The predicted molar refractivity (Wildman–Crippen MR) is 115 cm³/mol. The molecule has 0 bridgehead atoms. The Labute approximate surface area is 176 Å². The first-order valence-electron chi connectivity index (χ1n) is 10.2. The second-order valence-electron chi connectivity index (χ2n) is 7.93. The number of anilines is 1. The molecule has 1 N–H and O–H groups in total. The Kier molecular flexibility index (Phi) is 5.70. The van der Waals surface area contributed by atoms with E-state index in [2.05, 4.69) is 15.3 Å². The molecule has 2 aromatic heterocycles. The molecule has 1 saturated carbocycles. The summed E-state index contributed by atoms with van der Waals surface area (Å²) >= 11 is 0. The van der Waals surface area contributed by atoms with Gasteiger partial charge in [-0.2, -0.15) is 0 Å². The number of nitrogens with zero attached hydrogens (tertiary/aromatic N) is 5. The molecule has 3 aromatic rings. The minimum Gasteiger partial charge on any atom is -0.363 e. The molecule has 4 rings (SSSR count). The Bertz CT molecular complexity index is 995. The van der Waals surface area contributed by atoms with Crippen LogP contribution in [0.5, 0.6) is 0 Å². The third-order valence-corrected chi connectivity index (χ3v) is 5.12. The first kappa shape index (κ1) is 19.9. The van der Waals surface area contributed by atoms with Gasteiger partial charge in [-0.3, -0.25) is 9.78 Å². The number of carbonyl (C=O) groups excluding carboxylic acids is 1. The van der Waals surface area contributed by atoms with Gasteiger partial charge in [0.05, 0.1) is 17.9 Å². The van der Waals surface area contributed by atoms with Crippen molar-refractivity contribution in [3.8, 4) is 0 Å². The van der Waals surface area contributed by atoms with E-state index in [9.17, 15) is 4.79 Å². The second kappa shape index (κ2) is 8.57. The smallest absolute Gasteiger partial charge is 0.271 e. The number of aromatic nitrogens is 4. The van der Waals surface area contributed by atoms with Gasteiger partial charge in [-0.25, -0.2) is 15.0 Å². The molecular formula is C23H26N6O. The van der Waals surface area contributed by atoms with Gasteiger partial charge in [-0.05, 0) is 25.3 Å². The monoisotopic (exact) mass is 402 g/mol. The van der Waals surface area contributed by atoms with Gasteiger partial charge in [-0.15, -0.1) is 0 Å². The van der Waals surface area contributed by atoms with Crippen molar-refractivity contribution in [2.45, 2.75) is 38.1 Å². The van der Waals surface area contributed by atoms with Gasteiger partial charge < -0.3 is 10.2 Å². The van der Waals surface area contributed by atoms with Gasteiger partial charge in [0.15, 0.2) is 0 Å². The van der Waals surface area contributed by atoms with Crippen molar-refractivity contribution >= 4 is 11.7 Å². The highest BCUT2D eigenvalue weighted by atomic mass is 16.1. The van der Waals surface area contributed by atoms with Crippen LogP contribution in [0.15, 0.2) is 48.8 Å². The van der Waals surface area contributed by atoms with E-state index in [0.29, 0.717) is 18.0 Å². The molecule has 1 atom stereocenters. The third kappa shape index (κ3) is 4.79. The fourth-order valence-electron chi connectivity index (χ4n) is 3.25. The average Bonchev–Trinajstić information content (AvgIpc) is 3.59. The molecule has 7 heteroatoms. The molecule has 0 saturated heterocycles. The highest BCUT2D eigenvalue weighted by Crippen LogP contribution is 2.38. The van der Waals surface area contributed by atoms with Crippen LogP contribution in [0.3, 0.4) is 0 Å². The molecule has 30 heavy (non-hydrogen) atoms. The van der Waals surface area contributed by atoms with Crippen LogP contribution in [-0.2, 0) is 6.42 Å². The Morgan fingerprint density at radius 3 is 2.53 bits per heavy atom. The van der Waals surface area contributed by atoms with Crippen molar-refractivity contribution in [3.05, 3.63) is 77.3 Å². The molecular weight excluding hydrogens is 376 g/mol. The summed E-state index contributed by atoms with van der Waals surface area (Å²) in [6.07, 6.45) is 5.95. The van der Waals surface area contributed by atoms with Crippen LogP contribution in [0.25, 0.3) is 0 Å². The number of hydrogen-bond donors (Lipinski definition) is 1. The van der Waals surface area contributed by atoms with E-state index >= 15 is 0 Å². The minimum atomic E-state index is -0.249. The Balaban J connectivity index is 1.62. The van der Waals surface area contributed by atoms with Crippen LogP contribution in [0.4, 0.5) is 5.82 Å². The molecule has 1 aliphatic carbocycles. The summed E-state index contributed by atoms with van der Waals surface area (Å²) in [5.74, 6) is 2.00. The van der Waals surface area contributed by atoms with Crippen LogP contribution in [0.1, 0.15) is 58.1 Å². The lowest BCUT2D eigenvalue weighted by Gasteiger charge is -2.20. The largest absolute Gasteiger partial charge is 0.363 e. The predicted octanol–water partition coefficient (Wildman–Crippen LogP) is 3.23. The summed E-state index contributed by atoms with van der Waals surface area (Å²) in [6.45, 7) is 1.84. The molecule has 0 aliphatic heterocycles. The molecule has 154 valence electrons. The number of rotatable bonds is 7. The normalized spacial score (nSPS) is 14.2. The first-order valence-corrected chi connectivity index (χ1v) is 10.2. The van der Waals surface area contributed by atoms with Crippen LogP contribution in [0, 0.1) is 6.92 Å². The molecule has 7 nitrogen and oxygen atoms in total. The van der Waals surface area contributed by atoms with Gasteiger partial charge in [0.1, 0.15) is 17.3 Å². The standard InChI is InChI=1S/C23H26N6O/c1-15-13-25-20(14-24-15)23(30)27-19(16-7-5-4-6-8-16)11-18-12-21(29(2)3)28-22(26-18)17-9-10-17/h4-8,12-14,17,19H,9-11H2,1-3H3,(H,27,30). The van der Waals surface area contributed by atoms with E-state index in [1.165, 1.54) is 6.20 Å². The van der Waals surface area contributed by atoms with Crippen molar-refractivity contribution in [2.75, 3.05) is 19.0 Å². The van der Waals surface area contributed by atoms with Crippen molar-refractivity contribution in [3.63, 3.8) is 0 Å². The van der Waals surface area contributed by atoms with E-state index in [4.69, 9.17) is 9.97 Å². The van der Waals surface area contributed by atoms with Crippen molar-refractivity contribution in [1.82, 2.24) is 25.3 Å². The van der Waals surface area contributed by atoms with Crippen molar-refractivity contribution < 1.29 is 4.79 Å². The fourth-order valence-corrected chi connectivity index (χ4v) is 3.25. The lowest BCUT2D eigenvalue weighted by Crippen LogP contribution is -2.31. The maximum absolute atomic E-state index is 12.8. The van der Waals surface area contributed by atoms with Gasteiger partial charge in [0.25, 0.3) is 5.91 Å². The fraction of sp³-hybridized carbons (Fsp3) is 0.348. The first-order chi connectivity index (χ1) is 14.5. The molecule has 1 unspecified atom stereocenters. The Hall–Kier alpha value is -3.35. The molecule has 0 spiro atoms. The zero-order chi connectivity index (χ0) is 21.1. The Morgan fingerprint density at radius 2 is 1.90 bits per heavy atom. The van der Waals surface area contributed by atoms with E-state index in [1.807, 2.05) is 62.3 Å². The van der Waals surface area contributed by atoms with Crippen LogP contribution < -0.4 is 10.2 Å². The van der Waals surface area contributed by atoms with Gasteiger partial charge >= 0.3 is 0 Å². The number of aryl methyl sites for hydroxylation is 1. The van der Waals surface area contributed by atoms with E-state index in [0.717, 1.165) is 41.4 Å². The van der Waals surface area contributed by atoms with Crippen LogP contribution in [0.2, 0.25) is 0 Å². The lowest BCUT2D eigenvalue weighted by atomic mass is 10.0. The van der Waals surface area contributed by atoms with Crippen LogP contribution in [-0.4, -0.2) is 39.9 Å². The van der Waals surface area contributed by atoms with Gasteiger partial charge in [0.2, 0.25) is 0 Å². The van der Waals surface area contributed by atoms with Crippen LogP contribution >= 0.6 is 0 Å². The maximum Gasteiger partial charge on any atom is 0.271 e. The second-order valence-corrected chi connectivity index (χ2v) is 7.93. The zero-order valence-corrected chi connectivity index (χ0v) is 17.5. The highest BCUT2D eigenvalue weighted by molar-refractivity contribution is 5.92. The maximum atomic E-state index is 12.8. The third-order valence-electron chi connectivity index (χ3n) is 5.12. The van der Waals surface area contributed by atoms with Crippen molar-refractivity contribution in [1.29, 1.82) is 0 Å². The summed E-state index contributed by atoms with van der Waals surface area (Å²) in [5.41, 5.74) is 3.01. The summed E-state index contributed by atoms with van der Waals surface area (Å²) < 4.78 is 0. The Morgan fingerprint density at radius 1 is 1.13 bits per heavy atom. The number of benzene rings is 1. The molecule has 1 aromatic carbocycles. The quantitative estimate of drug-likeness (QED) is 0.653. The number of amides is 1. The SMILES string of the molecule is Cc1cnc(C(=O)NC(Cc2cc(N(C)C)nc(C3CC3)n2)c2ccccc2)cn1. The van der Waals surface area contributed by atoms with E-state index < -0.39 is 0 Å². The number of nitrogens with one attached hydrogen (secondary N) is 1. The van der Waals surface area contributed by atoms with E-state index in [1.54, 1.807) is 6.20 Å².